The van der Waals surface area contributed by atoms with E-state index in [4.69, 9.17) is 14.6 Å². The van der Waals surface area contributed by atoms with Crippen LogP contribution in [0.4, 0.5) is 0 Å². The molecule has 1 aromatic carbocycles. The van der Waals surface area contributed by atoms with E-state index in [9.17, 15) is 9.59 Å². The summed E-state index contributed by atoms with van der Waals surface area (Å²) in [5.41, 5.74) is 0.784. The Balaban J connectivity index is 2.05. The molecule has 0 aliphatic carbocycles. The van der Waals surface area contributed by atoms with Crippen LogP contribution in [0.3, 0.4) is 0 Å². The second-order valence-electron chi connectivity index (χ2n) is 4.72. The molecule has 0 atom stereocenters. The van der Waals surface area contributed by atoms with E-state index in [0.717, 1.165) is 10.0 Å². The third kappa shape index (κ3) is 4.10. The van der Waals surface area contributed by atoms with Crippen molar-refractivity contribution in [3.63, 3.8) is 0 Å². The monoisotopic (exact) mass is 357 g/mol. The number of hydrogen-bond donors (Lipinski definition) is 1. The smallest absolute Gasteiger partial charge is 0.305 e. The fourth-order valence-corrected chi connectivity index (χ4v) is 2.39. The van der Waals surface area contributed by atoms with E-state index in [1.165, 1.54) is 4.90 Å². The third-order valence-electron chi connectivity index (χ3n) is 3.14. The average molecular weight is 358 g/mol. The van der Waals surface area contributed by atoms with Gasteiger partial charge >= 0.3 is 5.97 Å². The van der Waals surface area contributed by atoms with E-state index in [-0.39, 0.29) is 25.3 Å². The van der Waals surface area contributed by atoms with Gasteiger partial charge in [0, 0.05) is 18.1 Å². The Hall–Kier alpha value is -1.76. The number of carbonyl (C=O) groups excluding carboxylic acids is 1. The summed E-state index contributed by atoms with van der Waals surface area (Å²) in [6.07, 6.45) is 0.109. The zero-order valence-electron chi connectivity index (χ0n) is 11.6. The van der Waals surface area contributed by atoms with Crippen LogP contribution in [0.5, 0.6) is 11.5 Å². The molecule has 1 aliphatic rings. The summed E-state index contributed by atoms with van der Waals surface area (Å²) in [5, 5.41) is 8.63. The number of rotatable bonds is 5. The summed E-state index contributed by atoms with van der Waals surface area (Å²) in [7, 11) is 1.59. The number of benzene rings is 1. The number of carbonyl (C=O) groups is 2. The van der Waals surface area contributed by atoms with Crippen LogP contribution in [0.2, 0.25) is 0 Å². The first kappa shape index (κ1) is 15.6. The molecule has 0 fully saturated rings. The highest BCUT2D eigenvalue weighted by Crippen LogP contribution is 2.35. The highest BCUT2D eigenvalue weighted by atomic mass is 79.9. The number of amides is 1. The average Bonchev–Trinajstić information content (AvgIpc) is 2.45. The highest BCUT2D eigenvalue weighted by molar-refractivity contribution is 9.10. The van der Waals surface area contributed by atoms with Crippen molar-refractivity contribution in [1.82, 2.24) is 4.90 Å². The van der Waals surface area contributed by atoms with Gasteiger partial charge in [-0.15, -0.1) is 0 Å². The Kier molecular flexibility index (Phi) is 5.06. The van der Waals surface area contributed by atoms with Crippen molar-refractivity contribution in [2.75, 3.05) is 26.8 Å². The minimum atomic E-state index is -0.921. The van der Waals surface area contributed by atoms with Crippen LogP contribution < -0.4 is 9.47 Å². The van der Waals surface area contributed by atoms with Gasteiger partial charge in [0.05, 0.1) is 12.8 Å². The van der Waals surface area contributed by atoms with Gasteiger partial charge in [0.2, 0.25) is 5.91 Å². The van der Waals surface area contributed by atoms with Crippen LogP contribution in [-0.2, 0) is 16.0 Å². The van der Waals surface area contributed by atoms with Gasteiger partial charge in [0.25, 0.3) is 0 Å². The molecule has 1 N–H and O–H groups in total. The minimum Gasteiger partial charge on any atom is -0.486 e. The lowest BCUT2D eigenvalue weighted by atomic mass is 10.1. The Bertz CT molecular complexity index is 561. The molecule has 1 heterocycles. The molecule has 6 nitrogen and oxygen atoms in total. The number of aliphatic carboxylic acids is 1. The van der Waals surface area contributed by atoms with Crippen molar-refractivity contribution in [2.24, 2.45) is 0 Å². The Morgan fingerprint density at radius 1 is 1.29 bits per heavy atom. The van der Waals surface area contributed by atoms with Gasteiger partial charge in [-0.1, -0.05) is 15.9 Å². The zero-order chi connectivity index (χ0) is 15.4. The van der Waals surface area contributed by atoms with Crippen molar-refractivity contribution in [3.05, 3.63) is 22.2 Å². The van der Waals surface area contributed by atoms with Gasteiger partial charge in [0.15, 0.2) is 11.5 Å². The SMILES string of the molecule is CN(CCC(=O)O)C(=O)Cc1cc2c(cc1Br)OCCO2. The first-order valence-corrected chi connectivity index (χ1v) is 7.30. The lowest BCUT2D eigenvalue weighted by molar-refractivity contribution is -0.138. The number of nitrogens with zero attached hydrogens (tertiary/aromatic N) is 1. The molecule has 0 saturated heterocycles. The molecule has 0 bridgehead atoms. The summed E-state index contributed by atoms with van der Waals surface area (Å²) in [6.45, 7) is 1.19. The van der Waals surface area contributed by atoms with Crippen LogP contribution in [-0.4, -0.2) is 48.7 Å². The quantitative estimate of drug-likeness (QED) is 0.867. The number of ether oxygens (including phenoxy) is 2. The molecule has 0 radical (unpaired) electrons. The van der Waals surface area contributed by atoms with Gasteiger partial charge in [0.1, 0.15) is 13.2 Å². The standard InChI is InChI=1S/C14H16BrNO5/c1-16(3-2-14(18)19)13(17)7-9-6-11-12(8-10(9)15)21-5-4-20-11/h6,8H,2-5,7H2,1H3,(H,18,19). The number of carboxylic acid groups (broad SMARTS) is 1. The van der Waals surface area contributed by atoms with Crippen LogP contribution in [0.15, 0.2) is 16.6 Å². The molecule has 114 valence electrons. The molecule has 0 saturated carbocycles. The van der Waals surface area contributed by atoms with Crippen molar-refractivity contribution in [1.29, 1.82) is 0 Å². The maximum Gasteiger partial charge on any atom is 0.305 e. The molecule has 2 rings (SSSR count). The first-order chi connectivity index (χ1) is 9.97. The predicted molar refractivity (Wildman–Crippen MR) is 78.7 cm³/mol. The molecular weight excluding hydrogens is 342 g/mol. The van der Waals surface area contributed by atoms with E-state index in [2.05, 4.69) is 15.9 Å². The minimum absolute atomic E-state index is 0.0649. The molecular formula is C14H16BrNO5. The number of fused-ring (bicyclic) bond motifs is 1. The van der Waals surface area contributed by atoms with E-state index in [1.807, 2.05) is 0 Å². The molecule has 0 spiro atoms. The van der Waals surface area contributed by atoms with E-state index in [1.54, 1.807) is 19.2 Å². The molecule has 1 aliphatic heterocycles. The molecule has 1 amide bonds. The maximum atomic E-state index is 12.1. The topological polar surface area (TPSA) is 76.1 Å². The number of hydrogen-bond acceptors (Lipinski definition) is 4. The summed E-state index contributed by atoms with van der Waals surface area (Å²) in [6, 6.07) is 3.57. The lowest BCUT2D eigenvalue weighted by Gasteiger charge is -2.21. The van der Waals surface area contributed by atoms with Crippen molar-refractivity contribution >= 4 is 27.8 Å². The zero-order valence-corrected chi connectivity index (χ0v) is 13.2. The fraction of sp³-hybridized carbons (Fsp3) is 0.429. The second-order valence-corrected chi connectivity index (χ2v) is 5.58. The summed E-state index contributed by atoms with van der Waals surface area (Å²) in [5.74, 6) is 0.216. The van der Waals surface area contributed by atoms with E-state index in [0.29, 0.717) is 24.7 Å². The van der Waals surface area contributed by atoms with E-state index < -0.39 is 5.97 Å². The van der Waals surface area contributed by atoms with Crippen LogP contribution >= 0.6 is 15.9 Å². The Morgan fingerprint density at radius 2 is 1.90 bits per heavy atom. The lowest BCUT2D eigenvalue weighted by Crippen LogP contribution is -2.30. The Labute approximate surface area is 130 Å². The van der Waals surface area contributed by atoms with Gasteiger partial charge in [-0.3, -0.25) is 9.59 Å². The van der Waals surface area contributed by atoms with Gasteiger partial charge in [-0.25, -0.2) is 0 Å². The number of likely N-dealkylation sites (N-methyl/N-ethyl adjacent to an activating group) is 1. The van der Waals surface area contributed by atoms with Crippen LogP contribution in [0, 0.1) is 0 Å². The van der Waals surface area contributed by atoms with Crippen LogP contribution in [0.25, 0.3) is 0 Å². The summed E-state index contributed by atoms with van der Waals surface area (Å²) < 4.78 is 11.7. The summed E-state index contributed by atoms with van der Waals surface area (Å²) >= 11 is 3.41. The first-order valence-electron chi connectivity index (χ1n) is 6.51. The summed E-state index contributed by atoms with van der Waals surface area (Å²) in [4.78, 5) is 24.0. The van der Waals surface area contributed by atoms with Crippen molar-refractivity contribution < 1.29 is 24.2 Å². The third-order valence-corrected chi connectivity index (χ3v) is 3.88. The normalized spacial score (nSPS) is 12.9. The molecule has 21 heavy (non-hydrogen) atoms. The Morgan fingerprint density at radius 3 is 2.52 bits per heavy atom. The van der Waals surface area contributed by atoms with Crippen molar-refractivity contribution in [3.8, 4) is 11.5 Å². The van der Waals surface area contributed by atoms with E-state index >= 15 is 0 Å². The highest BCUT2D eigenvalue weighted by Gasteiger charge is 2.18. The molecule has 0 aromatic heterocycles. The van der Waals surface area contributed by atoms with Gasteiger partial charge < -0.3 is 19.5 Å². The molecule has 7 heteroatoms. The van der Waals surface area contributed by atoms with Gasteiger partial charge in [-0.2, -0.15) is 0 Å². The largest absolute Gasteiger partial charge is 0.486 e. The second kappa shape index (κ2) is 6.80. The molecule has 1 aromatic rings. The predicted octanol–water partition coefficient (Wildman–Crippen LogP) is 1.70. The molecule has 0 unspecified atom stereocenters. The van der Waals surface area contributed by atoms with Crippen molar-refractivity contribution in [2.45, 2.75) is 12.8 Å². The van der Waals surface area contributed by atoms with Gasteiger partial charge in [-0.05, 0) is 17.7 Å². The fourth-order valence-electron chi connectivity index (χ4n) is 1.93. The maximum absolute atomic E-state index is 12.1. The number of carboxylic acids is 1. The van der Waals surface area contributed by atoms with Crippen LogP contribution in [0.1, 0.15) is 12.0 Å². The number of halogens is 1.